The zero-order valence-corrected chi connectivity index (χ0v) is 12.2. The van der Waals surface area contributed by atoms with Crippen molar-refractivity contribution in [1.82, 2.24) is 10.3 Å². The molecule has 0 fully saturated rings. The lowest BCUT2D eigenvalue weighted by atomic mass is 10.2. The van der Waals surface area contributed by atoms with Crippen molar-refractivity contribution in [2.45, 2.75) is 39.7 Å². The monoisotopic (exact) mass is 304 g/mol. The maximum absolute atomic E-state index is 11.9. The van der Waals surface area contributed by atoms with E-state index in [1.807, 2.05) is 20.8 Å². The predicted octanol–water partition coefficient (Wildman–Crippen LogP) is 3.05. The largest absolute Gasteiger partial charge is 0.349 e. The second kappa shape index (κ2) is 6.35. The number of rotatable bonds is 5. The number of alkyl halides is 1. The quantitative estimate of drug-likeness (QED) is 0.850. The molecule has 1 heterocycles. The van der Waals surface area contributed by atoms with Crippen molar-refractivity contribution >= 4 is 33.2 Å². The summed E-state index contributed by atoms with van der Waals surface area (Å²) in [5.74, 6) is 0.00479. The molecule has 0 aliphatic carbocycles. The third-order valence-corrected chi connectivity index (χ3v) is 3.89. The van der Waals surface area contributed by atoms with Crippen LogP contribution in [0.5, 0.6) is 0 Å². The smallest absolute Gasteiger partial charge is 0.263 e. The van der Waals surface area contributed by atoms with Gasteiger partial charge in [-0.05, 0) is 33.6 Å². The van der Waals surface area contributed by atoms with Gasteiger partial charge in [-0.2, -0.15) is 0 Å². The van der Waals surface area contributed by atoms with Crippen molar-refractivity contribution in [2.24, 2.45) is 0 Å². The van der Waals surface area contributed by atoms with Crippen LogP contribution in [-0.2, 0) is 0 Å². The Morgan fingerprint density at radius 3 is 2.75 bits per heavy atom. The number of nitrogens with one attached hydrogen (secondary N) is 1. The highest BCUT2D eigenvalue weighted by Gasteiger charge is 2.15. The molecule has 0 radical (unpaired) electrons. The third kappa shape index (κ3) is 3.87. The summed E-state index contributed by atoms with van der Waals surface area (Å²) in [7, 11) is 0. The zero-order chi connectivity index (χ0) is 12.1. The molecule has 1 aromatic heterocycles. The normalized spacial score (nSPS) is 12.5. The van der Waals surface area contributed by atoms with E-state index in [2.05, 4.69) is 26.2 Å². The van der Waals surface area contributed by atoms with Gasteiger partial charge in [0.05, 0.1) is 10.7 Å². The Morgan fingerprint density at radius 1 is 1.56 bits per heavy atom. The molecular weight excluding hydrogens is 288 g/mol. The van der Waals surface area contributed by atoms with Gasteiger partial charge < -0.3 is 5.32 Å². The van der Waals surface area contributed by atoms with Gasteiger partial charge in [-0.1, -0.05) is 15.9 Å². The number of hydrogen-bond donors (Lipinski definition) is 1. The molecule has 90 valence electrons. The minimum absolute atomic E-state index is 0.00479. The summed E-state index contributed by atoms with van der Waals surface area (Å²) in [5, 5.41) is 4.91. The zero-order valence-electron chi connectivity index (χ0n) is 9.84. The summed E-state index contributed by atoms with van der Waals surface area (Å²) < 4.78 is 0. The molecule has 0 spiro atoms. The second-order valence-corrected chi connectivity index (χ2v) is 5.85. The Bertz CT molecular complexity index is 365. The van der Waals surface area contributed by atoms with E-state index in [9.17, 15) is 4.79 Å². The van der Waals surface area contributed by atoms with Crippen LogP contribution >= 0.6 is 27.3 Å². The lowest BCUT2D eigenvalue weighted by Crippen LogP contribution is -2.32. The number of aryl methyl sites for hydroxylation is 2. The van der Waals surface area contributed by atoms with Crippen molar-refractivity contribution in [1.29, 1.82) is 0 Å². The van der Waals surface area contributed by atoms with Crippen LogP contribution in [0.2, 0.25) is 0 Å². The first-order valence-electron chi connectivity index (χ1n) is 5.35. The fourth-order valence-electron chi connectivity index (χ4n) is 1.49. The Labute approximate surface area is 109 Å². The van der Waals surface area contributed by atoms with Gasteiger partial charge >= 0.3 is 0 Å². The van der Waals surface area contributed by atoms with Crippen molar-refractivity contribution < 1.29 is 4.79 Å². The maximum Gasteiger partial charge on any atom is 0.263 e. The molecule has 0 saturated heterocycles. The number of hydrogen-bond acceptors (Lipinski definition) is 3. The van der Waals surface area contributed by atoms with Crippen LogP contribution in [0, 0.1) is 13.8 Å². The van der Waals surface area contributed by atoms with E-state index < -0.39 is 0 Å². The summed E-state index contributed by atoms with van der Waals surface area (Å²) in [5.41, 5.74) is 0.827. The van der Waals surface area contributed by atoms with Crippen molar-refractivity contribution in [2.75, 3.05) is 5.33 Å². The van der Waals surface area contributed by atoms with E-state index in [1.54, 1.807) is 0 Å². The molecule has 1 unspecified atom stereocenters. The number of aromatic nitrogens is 1. The number of amides is 1. The average Bonchev–Trinajstić information content (AvgIpc) is 2.54. The van der Waals surface area contributed by atoms with Crippen LogP contribution in [0.25, 0.3) is 0 Å². The summed E-state index contributed by atoms with van der Waals surface area (Å²) in [6, 6.07) is 0.215. The Morgan fingerprint density at radius 2 is 2.25 bits per heavy atom. The molecule has 0 bridgehead atoms. The first-order chi connectivity index (χ1) is 7.54. The van der Waals surface area contributed by atoms with Gasteiger partial charge in [-0.15, -0.1) is 11.3 Å². The number of thiazole rings is 1. The molecule has 0 aliphatic heterocycles. The molecule has 16 heavy (non-hydrogen) atoms. The number of carbonyl (C=O) groups is 1. The minimum Gasteiger partial charge on any atom is -0.349 e. The lowest BCUT2D eigenvalue weighted by molar-refractivity contribution is 0.0941. The highest BCUT2D eigenvalue weighted by atomic mass is 79.9. The SMILES string of the molecule is Cc1nc(C)c(C(=O)NC(C)CCCBr)s1. The van der Waals surface area contributed by atoms with Crippen LogP contribution in [0.15, 0.2) is 0 Å². The van der Waals surface area contributed by atoms with E-state index >= 15 is 0 Å². The molecule has 0 aliphatic rings. The topological polar surface area (TPSA) is 42.0 Å². The molecule has 1 rings (SSSR count). The lowest BCUT2D eigenvalue weighted by Gasteiger charge is -2.12. The fraction of sp³-hybridized carbons (Fsp3) is 0.636. The van der Waals surface area contributed by atoms with E-state index in [-0.39, 0.29) is 11.9 Å². The highest BCUT2D eigenvalue weighted by Crippen LogP contribution is 2.17. The van der Waals surface area contributed by atoms with Gasteiger partial charge in [0.2, 0.25) is 0 Å². The van der Waals surface area contributed by atoms with E-state index in [0.717, 1.165) is 33.8 Å². The molecule has 1 aromatic rings. The molecule has 5 heteroatoms. The van der Waals surface area contributed by atoms with Gasteiger partial charge in [0, 0.05) is 11.4 Å². The summed E-state index contributed by atoms with van der Waals surface area (Å²) >= 11 is 4.84. The van der Waals surface area contributed by atoms with Crippen LogP contribution < -0.4 is 5.32 Å². The van der Waals surface area contributed by atoms with Gasteiger partial charge in [0.15, 0.2) is 0 Å². The minimum atomic E-state index is 0.00479. The van der Waals surface area contributed by atoms with Gasteiger partial charge in [-0.3, -0.25) is 4.79 Å². The number of carbonyl (C=O) groups excluding carboxylic acids is 1. The molecular formula is C11H17BrN2OS. The number of halogens is 1. The van der Waals surface area contributed by atoms with Gasteiger partial charge in [0.1, 0.15) is 4.88 Å². The Hall–Kier alpha value is -0.420. The van der Waals surface area contributed by atoms with Crippen molar-refractivity contribution in [3.63, 3.8) is 0 Å². The van der Waals surface area contributed by atoms with E-state index in [4.69, 9.17) is 0 Å². The van der Waals surface area contributed by atoms with Gasteiger partial charge in [0.25, 0.3) is 5.91 Å². The maximum atomic E-state index is 11.9. The van der Waals surface area contributed by atoms with E-state index in [0.29, 0.717) is 0 Å². The number of nitrogens with zero attached hydrogens (tertiary/aromatic N) is 1. The van der Waals surface area contributed by atoms with Crippen LogP contribution in [-0.4, -0.2) is 22.3 Å². The predicted molar refractivity (Wildman–Crippen MR) is 71.5 cm³/mol. The van der Waals surface area contributed by atoms with Crippen LogP contribution in [0.4, 0.5) is 0 Å². The molecule has 1 amide bonds. The molecule has 0 saturated carbocycles. The summed E-state index contributed by atoms with van der Waals surface area (Å²) in [6.45, 7) is 5.83. The van der Waals surface area contributed by atoms with Crippen molar-refractivity contribution in [3.8, 4) is 0 Å². The van der Waals surface area contributed by atoms with Crippen LogP contribution in [0.3, 0.4) is 0 Å². The molecule has 0 aromatic carbocycles. The first-order valence-corrected chi connectivity index (χ1v) is 7.29. The first kappa shape index (κ1) is 13.6. The molecule has 1 N–H and O–H groups in total. The second-order valence-electron chi connectivity index (χ2n) is 3.85. The standard InChI is InChI=1S/C11H17BrN2OS/c1-7(5-4-6-12)13-11(15)10-8(2)14-9(3)16-10/h7H,4-6H2,1-3H3,(H,13,15). The van der Waals surface area contributed by atoms with E-state index in [1.165, 1.54) is 11.3 Å². The Balaban J connectivity index is 2.55. The fourth-order valence-corrected chi connectivity index (χ4v) is 2.63. The van der Waals surface area contributed by atoms with Crippen molar-refractivity contribution in [3.05, 3.63) is 15.6 Å². The Kier molecular flexibility index (Phi) is 5.41. The molecule has 1 atom stereocenters. The highest BCUT2D eigenvalue weighted by molar-refractivity contribution is 9.09. The summed E-state index contributed by atoms with van der Waals surface area (Å²) in [6.07, 6.45) is 2.07. The average molecular weight is 305 g/mol. The van der Waals surface area contributed by atoms with Crippen LogP contribution in [0.1, 0.15) is 40.1 Å². The summed E-state index contributed by atoms with van der Waals surface area (Å²) in [4.78, 5) is 16.9. The third-order valence-electron chi connectivity index (χ3n) is 2.26. The molecule has 3 nitrogen and oxygen atoms in total. The van der Waals surface area contributed by atoms with Gasteiger partial charge in [-0.25, -0.2) is 4.98 Å².